The van der Waals surface area contributed by atoms with E-state index in [9.17, 15) is 10.2 Å². The van der Waals surface area contributed by atoms with E-state index >= 15 is 0 Å². The van der Waals surface area contributed by atoms with Gasteiger partial charge in [-0.25, -0.2) is 9.98 Å². The Hall–Kier alpha value is -1.68. The van der Waals surface area contributed by atoms with Gasteiger partial charge in [0.05, 0.1) is 25.1 Å². The van der Waals surface area contributed by atoms with Crippen LogP contribution in [-0.4, -0.2) is 56.3 Å². The van der Waals surface area contributed by atoms with Crippen molar-refractivity contribution in [1.82, 2.24) is 9.55 Å². The van der Waals surface area contributed by atoms with Crippen LogP contribution in [0.5, 0.6) is 0 Å². The summed E-state index contributed by atoms with van der Waals surface area (Å²) in [6.07, 6.45) is -0.413. The highest BCUT2D eigenvalue weighted by molar-refractivity contribution is 5.93. The SMILES string of the molecule is NC1=NC(O)c2ncn(C3CO[C@H](CCO)[C@H]3O)c2N1. The number of guanidine groups is 1. The lowest BCUT2D eigenvalue weighted by atomic mass is 10.1. The Kier molecular flexibility index (Phi) is 3.34. The number of aliphatic hydroxyl groups is 3. The second-order valence-corrected chi connectivity index (χ2v) is 4.84. The van der Waals surface area contributed by atoms with E-state index in [0.29, 0.717) is 24.5 Å². The topological polar surface area (TPSA) is 138 Å². The number of fused-ring (bicyclic) bond motifs is 1. The number of aliphatic hydroxyl groups excluding tert-OH is 3. The second-order valence-electron chi connectivity index (χ2n) is 4.84. The monoisotopic (exact) mass is 283 g/mol. The standard InChI is InChI=1S/C11H17N5O4/c12-11-14-9-7(10(19)15-11)13-4-16(9)5-3-20-6(1-2-17)8(5)18/h4-6,8,10,17-19H,1-3H2,(H3,12,14,15)/t5?,6-,8+,10?/m1/s1. The Labute approximate surface area is 114 Å². The largest absolute Gasteiger partial charge is 0.396 e. The molecular formula is C11H17N5O4. The molecule has 0 amide bonds. The molecule has 6 N–H and O–H groups in total. The molecule has 1 saturated heterocycles. The van der Waals surface area contributed by atoms with Crippen LogP contribution in [0.3, 0.4) is 0 Å². The fraction of sp³-hybridized carbons (Fsp3) is 0.636. The summed E-state index contributed by atoms with van der Waals surface area (Å²) >= 11 is 0. The third-order valence-electron chi connectivity index (χ3n) is 3.60. The van der Waals surface area contributed by atoms with E-state index in [4.69, 9.17) is 15.6 Å². The molecule has 3 heterocycles. The first-order chi connectivity index (χ1) is 9.61. The van der Waals surface area contributed by atoms with Crippen LogP contribution < -0.4 is 11.1 Å². The average molecular weight is 283 g/mol. The van der Waals surface area contributed by atoms with Gasteiger partial charge in [0.25, 0.3) is 0 Å². The zero-order chi connectivity index (χ0) is 14.3. The van der Waals surface area contributed by atoms with Gasteiger partial charge in [0.15, 0.2) is 12.2 Å². The molecule has 3 rings (SSSR count). The molecule has 2 unspecified atom stereocenters. The van der Waals surface area contributed by atoms with Crippen LogP contribution in [0, 0.1) is 0 Å². The van der Waals surface area contributed by atoms with Crippen molar-refractivity contribution in [3.63, 3.8) is 0 Å². The first-order valence-electron chi connectivity index (χ1n) is 6.37. The van der Waals surface area contributed by atoms with Crippen molar-refractivity contribution in [2.45, 2.75) is 30.9 Å². The first-order valence-corrected chi connectivity index (χ1v) is 6.37. The maximum Gasteiger partial charge on any atom is 0.197 e. The number of rotatable bonds is 3. The van der Waals surface area contributed by atoms with Gasteiger partial charge in [-0.05, 0) is 6.42 Å². The molecule has 0 bridgehead atoms. The van der Waals surface area contributed by atoms with Gasteiger partial charge in [0.2, 0.25) is 0 Å². The van der Waals surface area contributed by atoms with E-state index in [1.165, 1.54) is 6.33 Å². The lowest BCUT2D eigenvalue weighted by Crippen LogP contribution is -2.33. The minimum absolute atomic E-state index is 0.0486. The van der Waals surface area contributed by atoms with Crippen molar-refractivity contribution in [3.8, 4) is 0 Å². The van der Waals surface area contributed by atoms with Crippen LogP contribution in [0.1, 0.15) is 24.4 Å². The number of anilines is 1. The number of hydrogen-bond donors (Lipinski definition) is 5. The number of nitrogens with two attached hydrogens (primary N) is 1. The number of aromatic nitrogens is 2. The summed E-state index contributed by atoms with van der Waals surface area (Å²) < 4.78 is 7.16. The second kappa shape index (κ2) is 5.02. The maximum atomic E-state index is 10.2. The molecule has 1 fully saturated rings. The van der Waals surface area contributed by atoms with E-state index < -0.39 is 18.4 Å². The van der Waals surface area contributed by atoms with Gasteiger partial charge >= 0.3 is 0 Å². The lowest BCUT2D eigenvalue weighted by molar-refractivity contribution is 0.0233. The van der Waals surface area contributed by atoms with E-state index in [2.05, 4.69) is 15.3 Å². The van der Waals surface area contributed by atoms with Crippen molar-refractivity contribution < 1.29 is 20.1 Å². The van der Waals surface area contributed by atoms with Crippen LogP contribution in [-0.2, 0) is 4.74 Å². The molecule has 4 atom stereocenters. The Bertz CT molecular complexity index is 531. The van der Waals surface area contributed by atoms with Gasteiger partial charge in [-0.3, -0.25) is 0 Å². The van der Waals surface area contributed by atoms with Crippen molar-refractivity contribution in [1.29, 1.82) is 0 Å². The van der Waals surface area contributed by atoms with Gasteiger partial charge in [0, 0.05) is 6.61 Å². The molecule has 20 heavy (non-hydrogen) atoms. The predicted molar refractivity (Wildman–Crippen MR) is 68.9 cm³/mol. The summed E-state index contributed by atoms with van der Waals surface area (Å²) in [6.45, 7) is 0.247. The van der Waals surface area contributed by atoms with Gasteiger partial charge in [0.1, 0.15) is 17.6 Å². The number of aliphatic imine (C=N–C) groups is 1. The average Bonchev–Trinajstić information content (AvgIpc) is 2.95. The molecule has 9 heteroatoms. The smallest absolute Gasteiger partial charge is 0.197 e. The number of nitrogens with one attached hydrogen (secondary N) is 1. The van der Waals surface area contributed by atoms with Crippen molar-refractivity contribution in [2.24, 2.45) is 10.7 Å². The number of nitrogens with zero attached hydrogens (tertiary/aromatic N) is 3. The Morgan fingerprint density at radius 2 is 2.30 bits per heavy atom. The predicted octanol–water partition coefficient (Wildman–Crippen LogP) is -1.70. The number of ether oxygens (including phenoxy) is 1. The minimum atomic E-state index is -1.11. The molecule has 2 aliphatic heterocycles. The molecule has 0 aromatic carbocycles. The van der Waals surface area contributed by atoms with Crippen LogP contribution in [0.15, 0.2) is 11.3 Å². The van der Waals surface area contributed by atoms with Crippen molar-refractivity contribution in [2.75, 3.05) is 18.5 Å². The highest BCUT2D eigenvalue weighted by atomic mass is 16.5. The summed E-state index contributed by atoms with van der Waals surface area (Å²) in [6, 6.07) is -0.353. The van der Waals surface area contributed by atoms with E-state index in [0.717, 1.165) is 0 Å². The molecule has 0 aliphatic carbocycles. The summed E-state index contributed by atoms with van der Waals surface area (Å²) in [5.74, 6) is 0.592. The Morgan fingerprint density at radius 3 is 3.05 bits per heavy atom. The summed E-state index contributed by atoms with van der Waals surface area (Å²) in [5.41, 5.74) is 5.95. The highest BCUT2D eigenvalue weighted by Gasteiger charge is 2.39. The van der Waals surface area contributed by atoms with Crippen molar-refractivity contribution >= 4 is 11.8 Å². The number of imidazole rings is 1. The van der Waals surface area contributed by atoms with Gasteiger partial charge in [-0.15, -0.1) is 0 Å². The first kappa shape index (κ1) is 13.3. The van der Waals surface area contributed by atoms with Gasteiger partial charge in [-0.1, -0.05) is 0 Å². The zero-order valence-electron chi connectivity index (χ0n) is 10.7. The third-order valence-corrected chi connectivity index (χ3v) is 3.60. The van der Waals surface area contributed by atoms with E-state index in [1.807, 2.05) is 0 Å². The zero-order valence-corrected chi connectivity index (χ0v) is 10.7. The Balaban J connectivity index is 1.87. The summed E-state index contributed by atoms with van der Waals surface area (Å²) in [7, 11) is 0. The third kappa shape index (κ3) is 2.04. The van der Waals surface area contributed by atoms with E-state index in [1.54, 1.807) is 4.57 Å². The molecule has 0 spiro atoms. The fourth-order valence-corrected chi connectivity index (χ4v) is 2.58. The van der Waals surface area contributed by atoms with Crippen LogP contribution in [0.4, 0.5) is 5.82 Å². The molecule has 0 saturated carbocycles. The quantitative estimate of drug-likeness (QED) is 0.445. The molecular weight excluding hydrogens is 266 g/mol. The summed E-state index contributed by atoms with van der Waals surface area (Å²) in [5, 5.41) is 31.8. The van der Waals surface area contributed by atoms with E-state index in [-0.39, 0.29) is 18.6 Å². The molecule has 9 nitrogen and oxygen atoms in total. The molecule has 1 aromatic heterocycles. The lowest BCUT2D eigenvalue weighted by Gasteiger charge is -2.23. The highest BCUT2D eigenvalue weighted by Crippen LogP contribution is 2.34. The van der Waals surface area contributed by atoms with Crippen molar-refractivity contribution in [3.05, 3.63) is 12.0 Å². The summed E-state index contributed by atoms with van der Waals surface area (Å²) in [4.78, 5) is 7.86. The fourth-order valence-electron chi connectivity index (χ4n) is 2.58. The molecule has 0 radical (unpaired) electrons. The molecule has 1 aromatic rings. The molecule has 2 aliphatic rings. The van der Waals surface area contributed by atoms with Gasteiger partial charge < -0.3 is 35.7 Å². The van der Waals surface area contributed by atoms with Gasteiger partial charge in [-0.2, -0.15) is 0 Å². The number of hydrogen-bond acceptors (Lipinski definition) is 8. The molecule has 110 valence electrons. The van der Waals surface area contributed by atoms with Crippen LogP contribution in [0.25, 0.3) is 0 Å². The normalized spacial score (nSPS) is 32.6. The van der Waals surface area contributed by atoms with Crippen LogP contribution in [0.2, 0.25) is 0 Å². The Morgan fingerprint density at radius 1 is 1.50 bits per heavy atom. The van der Waals surface area contributed by atoms with Crippen LogP contribution >= 0.6 is 0 Å². The maximum absolute atomic E-state index is 10.2. The minimum Gasteiger partial charge on any atom is -0.396 e.